The summed E-state index contributed by atoms with van der Waals surface area (Å²) in [5.74, 6) is -0.0679. The highest BCUT2D eigenvalue weighted by atomic mass is 16.5. The quantitative estimate of drug-likeness (QED) is 0.805. The van der Waals surface area contributed by atoms with E-state index in [0.717, 1.165) is 36.9 Å². The monoisotopic (exact) mass is 313 g/mol. The number of hydrogen-bond acceptors (Lipinski definition) is 4. The van der Waals surface area contributed by atoms with E-state index in [1.54, 1.807) is 0 Å². The van der Waals surface area contributed by atoms with E-state index in [4.69, 9.17) is 4.74 Å². The number of ether oxygens (including phenoxy) is 1. The molecular formula is C18H23N3O2. The summed E-state index contributed by atoms with van der Waals surface area (Å²) in [5, 5.41) is 10.4. The van der Waals surface area contributed by atoms with Crippen molar-refractivity contribution in [2.45, 2.75) is 38.8 Å². The molecule has 1 aliphatic rings. The van der Waals surface area contributed by atoms with Crippen LogP contribution in [0.2, 0.25) is 0 Å². The van der Waals surface area contributed by atoms with Gasteiger partial charge in [0.15, 0.2) is 0 Å². The van der Waals surface area contributed by atoms with E-state index in [0.29, 0.717) is 6.61 Å². The van der Waals surface area contributed by atoms with Gasteiger partial charge in [-0.2, -0.15) is 5.10 Å². The Kier molecular flexibility index (Phi) is 5.08. The number of carbonyl (C=O) groups excluding carboxylic acids is 1. The summed E-state index contributed by atoms with van der Waals surface area (Å²) in [6.07, 6.45) is 6.74. The molecule has 2 aromatic rings. The second-order valence-electron chi connectivity index (χ2n) is 5.96. The lowest BCUT2D eigenvalue weighted by atomic mass is 10.0. The lowest BCUT2D eigenvalue weighted by molar-refractivity contribution is -0.148. The molecule has 0 amide bonds. The van der Waals surface area contributed by atoms with Gasteiger partial charge in [0.25, 0.3) is 0 Å². The highest BCUT2D eigenvalue weighted by molar-refractivity contribution is 5.73. The van der Waals surface area contributed by atoms with Crippen LogP contribution in [0.3, 0.4) is 0 Å². The fraction of sp³-hybridized carbons (Fsp3) is 0.444. The fourth-order valence-corrected chi connectivity index (χ4v) is 3.25. The number of carbonyl (C=O) groups is 1. The molecule has 1 aromatic carbocycles. The van der Waals surface area contributed by atoms with Crippen LogP contribution in [-0.4, -0.2) is 28.8 Å². The van der Waals surface area contributed by atoms with Gasteiger partial charge in [0.1, 0.15) is 0 Å². The number of aromatic nitrogens is 2. The van der Waals surface area contributed by atoms with E-state index in [1.165, 1.54) is 5.56 Å². The van der Waals surface area contributed by atoms with Crippen molar-refractivity contribution >= 4 is 5.97 Å². The van der Waals surface area contributed by atoms with E-state index < -0.39 is 0 Å². The third-order valence-electron chi connectivity index (χ3n) is 4.43. The Labute approximate surface area is 136 Å². The Balaban J connectivity index is 1.62. The van der Waals surface area contributed by atoms with Crippen molar-refractivity contribution < 1.29 is 9.53 Å². The third-order valence-corrected chi connectivity index (χ3v) is 4.43. The molecule has 1 fully saturated rings. The van der Waals surface area contributed by atoms with Crippen molar-refractivity contribution in [3.63, 3.8) is 0 Å². The minimum atomic E-state index is -0.0605. The maximum Gasteiger partial charge on any atom is 0.310 e. The zero-order valence-corrected chi connectivity index (χ0v) is 13.4. The molecule has 122 valence electrons. The molecular weight excluding hydrogens is 290 g/mol. The standard InChI is InChI=1S/C18H23N3O2/c1-2-23-18(22)16-7-4-8-17(16)19-10-13-5-3-6-14(9-13)15-11-20-21-12-15/h3,5-6,9,11-12,16-17,19H,2,4,7-8,10H2,1H3,(H,20,21)/t16-,17-/m1/s1. The zero-order chi connectivity index (χ0) is 16.1. The molecule has 3 rings (SSSR count). The summed E-state index contributed by atoms with van der Waals surface area (Å²) in [6.45, 7) is 3.07. The Bertz CT molecular complexity index is 639. The molecule has 2 atom stereocenters. The number of H-pyrrole nitrogens is 1. The molecule has 1 saturated carbocycles. The van der Waals surface area contributed by atoms with Crippen LogP contribution >= 0.6 is 0 Å². The van der Waals surface area contributed by atoms with Crippen LogP contribution in [0.15, 0.2) is 36.7 Å². The van der Waals surface area contributed by atoms with Crippen LogP contribution < -0.4 is 5.32 Å². The first-order valence-corrected chi connectivity index (χ1v) is 8.26. The summed E-state index contributed by atoms with van der Waals surface area (Å²) in [6, 6.07) is 8.60. The van der Waals surface area contributed by atoms with Gasteiger partial charge in [-0.1, -0.05) is 24.6 Å². The molecule has 23 heavy (non-hydrogen) atoms. The smallest absolute Gasteiger partial charge is 0.310 e. The molecule has 5 nitrogen and oxygen atoms in total. The van der Waals surface area contributed by atoms with E-state index in [1.807, 2.05) is 19.3 Å². The van der Waals surface area contributed by atoms with Crippen molar-refractivity contribution in [2.24, 2.45) is 5.92 Å². The van der Waals surface area contributed by atoms with Gasteiger partial charge in [0, 0.05) is 24.3 Å². The van der Waals surface area contributed by atoms with Crippen LogP contribution in [-0.2, 0) is 16.1 Å². The molecule has 0 aliphatic heterocycles. The van der Waals surface area contributed by atoms with Crippen molar-refractivity contribution in [3.8, 4) is 11.1 Å². The Morgan fingerprint density at radius 2 is 2.30 bits per heavy atom. The van der Waals surface area contributed by atoms with Gasteiger partial charge in [-0.15, -0.1) is 0 Å². The molecule has 0 radical (unpaired) electrons. The summed E-state index contributed by atoms with van der Waals surface area (Å²) >= 11 is 0. The summed E-state index contributed by atoms with van der Waals surface area (Å²) in [5.41, 5.74) is 3.43. The van der Waals surface area contributed by atoms with Gasteiger partial charge < -0.3 is 10.1 Å². The first-order chi connectivity index (χ1) is 11.3. The van der Waals surface area contributed by atoms with Gasteiger partial charge in [-0.05, 0) is 37.0 Å². The number of aromatic amines is 1. The fourth-order valence-electron chi connectivity index (χ4n) is 3.25. The molecule has 0 saturated heterocycles. The van der Waals surface area contributed by atoms with E-state index >= 15 is 0 Å². The molecule has 1 aliphatic carbocycles. The Morgan fingerprint density at radius 1 is 1.39 bits per heavy atom. The number of rotatable bonds is 6. The van der Waals surface area contributed by atoms with E-state index in [-0.39, 0.29) is 17.9 Å². The lowest BCUT2D eigenvalue weighted by Gasteiger charge is -2.19. The van der Waals surface area contributed by atoms with Gasteiger partial charge >= 0.3 is 5.97 Å². The molecule has 2 N–H and O–H groups in total. The average molecular weight is 313 g/mol. The highest BCUT2D eigenvalue weighted by Gasteiger charge is 2.33. The van der Waals surface area contributed by atoms with Crippen molar-refractivity contribution in [1.82, 2.24) is 15.5 Å². The Hall–Kier alpha value is -2.14. The molecule has 1 heterocycles. The topological polar surface area (TPSA) is 67.0 Å². The zero-order valence-electron chi connectivity index (χ0n) is 13.4. The lowest BCUT2D eigenvalue weighted by Crippen LogP contribution is -2.36. The van der Waals surface area contributed by atoms with Crippen LogP contribution in [0.4, 0.5) is 0 Å². The van der Waals surface area contributed by atoms with Crippen LogP contribution in [0.1, 0.15) is 31.7 Å². The maximum absolute atomic E-state index is 12.0. The van der Waals surface area contributed by atoms with Gasteiger partial charge in [0.2, 0.25) is 0 Å². The predicted octanol–water partition coefficient (Wildman–Crippen LogP) is 2.90. The normalized spacial score (nSPS) is 20.6. The van der Waals surface area contributed by atoms with Gasteiger partial charge in [-0.25, -0.2) is 0 Å². The number of nitrogens with one attached hydrogen (secondary N) is 2. The minimum absolute atomic E-state index is 0.00740. The minimum Gasteiger partial charge on any atom is -0.466 e. The number of esters is 1. The Morgan fingerprint density at radius 3 is 3.09 bits per heavy atom. The average Bonchev–Trinajstić information content (AvgIpc) is 3.25. The molecule has 0 spiro atoms. The predicted molar refractivity (Wildman–Crippen MR) is 88.6 cm³/mol. The summed E-state index contributed by atoms with van der Waals surface area (Å²) in [4.78, 5) is 12.0. The maximum atomic E-state index is 12.0. The second-order valence-corrected chi connectivity index (χ2v) is 5.96. The summed E-state index contributed by atoms with van der Waals surface area (Å²) < 4.78 is 5.19. The summed E-state index contributed by atoms with van der Waals surface area (Å²) in [7, 11) is 0. The third kappa shape index (κ3) is 3.79. The van der Waals surface area contributed by atoms with E-state index in [2.05, 4.69) is 39.8 Å². The largest absolute Gasteiger partial charge is 0.466 e. The highest BCUT2D eigenvalue weighted by Crippen LogP contribution is 2.27. The SMILES string of the molecule is CCOC(=O)[C@@H]1CCC[C@H]1NCc1cccc(-c2cn[nH]c2)c1. The van der Waals surface area contributed by atoms with E-state index in [9.17, 15) is 4.79 Å². The first-order valence-electron chi connectivity index (χ1n) is 8.26. The van der Waals surface area contributed by atoms with Crippen molar-refractivity contribution in [3.05, 3.63) is 42.2 Å². The molecule has 1 aromatic heterocycles. The van der Waals surface area contributed by atoms with Crippen molar-refractivity contribution in [2.75, 3.05) is 6.61 Å². The molecule has 5 heteroatoms. The number of hydrogen-bond donors (Lipinski definition) is 2. The molecule has 0 unspecified atom stereocenters. The number of nitrogens with zero attached hydrogens (tertiary/aromatic N) is 1. The number of benzene rings is 1. The molecule has 0 bridgehead atoms. The van der Waals surface area contributed by atoms with Gasteiger partial charge in [0.05, 0.1) is 18.7 Å². The second kappa shape index (κ2) is 7.42. The first kappa shape index (κ1) is 15.7. The van der Waals surface area contributed by atoms with Crippen LogP contribution in [0.25, 0.3) is 11.1 Å². The van der Waals surface area contributed by atoms with Gasteiger partial charge in [-0.3, -0.25) is 9.89 Å². The van der Waals surface area contributed by atoms with Crippen LogP contribution in [0.5, 0.6) is 0 Å². The van der Waals surface area contributed by atoms with Crippen molar-refractivity contribution in [1.29, 1.82) is 0 Å². The van der Waals surface area contributed by atoms with Crippen LogP contribution in [0, 0.1) is 5.92 Å².